The largest absolute Gasteiger partial charge is 0.334 e. The number of amides is 2. The van der Waals surface area contributed by atoms with Crippen LogP contribution >= 0.6 is 0 Å². The smallest absolute Gasteiger partial charge is 0.319 e. The third-order valence-electron chi connectivity index (χ3n) is 5.37. The Labute approximate surface area is 127 Å². The summed E-state index contributed by atoms with van der Waals surface area (Å²) in [7, 11) is 1.93. The van der Waals surface area contributed by atoms with Crippen LogP contribution in [0.4, 0.5) is 10.5 Å². The van der Waals surface area contributed by atoms with E-state index in [1.54, 1.807) is 0 Å². The van der Waals surface area contributed by atoms with Crippen molar-refractivity contribution in [1.29, 1.82) is 0 Å². The van der Waals surface area contributed by atoms with Gasteiger partial charge in [0.1, 0.15) is 0 Å². The van der Waals surface area contributed by atoms with Crippen molar-refractivity contribution < 1.29 is 4.79 Å². The highest BCUT2D eigenvalue weighted by atomic mass is 16.2. The third-order valence-corrected chi connectivity index (χ3v) is 5.37. The van der Waals surface area contributed by atoms with Gasteiger partial charge in [0, 0.05) is 17.8 Å². The second kappa shape index (κ2) is 5.34. The average molecular weight is 289 g/mol. The van der Waals surface area contributed by atoms with E-state index in [2.05, 4.69) is 56.6 Å². The van der Waals surface area contributed by atoms with Crippen molar-refractivity contribution in [3.05, 3.63) is 29.8 Å². The molecule has 0 aliphatic heterocycles. The lowest BCUT2D eigenvalue weighted by atomic mass is 10.0. The van der Waals surface area contributed by atoms with E-state index < -0.39 is 0 Å². The normalized spacial score (nSPS) is 20.7. The second-order valence-corrected chi connectivity index (χ2v) is 7.11. The number of benzene rings is 1. The van der Waals surface area contributed by atoms with E-state index in [1.165, 1.54) is 0 Å². The van der Waals surface area contributed by atoms with Crippen LogP contribution in [0, 0.1) is 10.8 Å². The lowest BCUT2D eigenvalue weighted by Gasteiger charge is -2.13. The Morgan fingerprint density at radius 3 is 2.33 bits per heavy atom. The summed E-state index contributed by atoms with van der Waals surface area (Å²) < 4.78 is 0. The number of carbonyl (C=O) groups is 1. The minimum Gasteiger partial charge on any atom is -0.334 e. The van der Waals surface area contributed by atoms with Crippen molar-refractivity contribution in [3.63, 3.8) is 0 Å². The van der Waals surface area contributed by atoms with Crippen molar-refractivity contribution in [2.24, 2.45) is 10.8 Å². The van der Waals surface area contributed by atoms with Crippen LogP contribution in [-0.2, 0) is 0 Å². The van der Waals surface area contributed by atoms with Gasteiger partial charge >= 0.3 is 6.03 Å². The summed E-state index contributed by atoms with van der Waals surface area (Å²) in [6.07, 6.45) is 0. The van der Waals surface area contributed by atoms with Crippen molar-refractivity contribution in [3.8, 4) is 0 Å². The first-order valence-corrected chi connectivity index (χ1v) is 7.55. The van der Waals surface area contributed by atoms with Crippen LogP contribution in [0.2, 0.25) is 0 Å². The van der Waals surface area contributed by atoms with Crippen LogP contribution in [0.25, 0.3) is 0 Å². The summed E-state index contributed by atoms with van der Waals surface area (Å²) in [5, 5.41) is 9.21. The zero-order valence-electron chi connectivity index (χ0n) is 13.9. The standard InChI is InChI=1S/C17H27N3O/c1-11(18-6)12-8-7-9-13(10-12)19-15(21)20-14-16(2,3)17(14,4)5/h7-11,14,18H,1-6H3,(H2,19,20,21). The molecule has 116 valence electrons. The van der Waals surface area contributed by atoms with E-state index >= 15 is 0 Å². The molecule has 1 aliphatic rings. The van der Waals surface area contributed by atoms with Gasteiger partial charge in [-0.15, -0.1) is 0 Å². The highest BCUT2D eigenvalue weighted by molar-refractivity contribution is 5.90. The molecule has 2 rings (SSSR count). The molecular formula is C17H27N3O. The number of hydrogen-bond acceptors (Lipinski definition) is 2. The molecule has 0 heterocycles. The Hall–Kier alpha value is -1.55. The first-order chi connectivity index (χ1) is 9.70. The molecule has 2 amide bonds. The van der Waals surface area contributed by atoms with Gasteiger partial charge in [0.25, 0.3) is 0 Å². The number of rotatable bonds is 4. The van der Waals surface area contributed by atoms with Crippen molar-refractivity contribution in [2.75, 3.05) is 12.4 Å². The molecule has 1 fully saturated rings. The van der Waals surface area contributed by atoms with Gasteiger partial charge in [0.15, 0.2) is 0 Å². The van der Waals surface area contributed by atoms with Gasteiger partial charge in [-0.3, -0.25) is 0 Å². The first-order valence-electron chi connectivity index (χ1n) is 7.55. The molecule has 1 saturated carbocycles. The predicted octanol–water partition coefficient (Wildman–Crippen LogP) is 3.52. The fourth-order valence-electron chi connectivity index (χ4n) is 2.91. The number of urea groups is 1. The average Bonchev–Trinajstić information content (AvgIpc) is 2.80. The molecule has 0 bridgehead atoms. The SMILES string of the molecule is CNC(C)c1cccc(NC(=O)NC2C(C)(C)C2(C)C)c1. The molecule has 3 N–H and O–H groups in total. The molecule has 0 radical (unpaired) electrons. The van der Waals surface area contributed by atoms with Gasteiger partial charge in [0.2, 0.25) is 0 Å². The van der Waals surface area contributed by atoms with Crippen LogP contribution < -0.4 is 16.0 Å². The molecular weight excluding hydrogens is 262 g/mol. The minimum absolute atomic E-state index is 0.132. The predicted molar refractivity (Wildman–Crippen MR) is 87.4 cm³/mol. The summed E-state index contributed by atoms with van der Waals surface area (Å²) >= 11 is 0. The van der Waals surface area contributed by atoms with E-state index in [-0.39, 0.29) is 28.9 Å². The quantitative estimate of drug-likeness (QED) is 0.794. The molecule has 1 unspecified atom stereocenters. The Balaban J connectivity index is 1.98. The number of anilines is 1. The molecule has 1 aromatic rings. The highest BCUT2D eigenvalue weighted by Crippen LogP contribution is 2.62. The fourth-order valence-corrected chi connectivity index (χ4v) is 2.91. The molecule has 0 aromatic heterocycles. The fraction of sp³-hybridized carbons (Fsp3) is 0.588. The lowest BCUT2D eigenvalue weighted by Crippen LogP contribution is -2.33. The van der Waals surface area contributed by atoms with Crippen LogP contribution in [-0.4, -0.2) is 19.1 Å². The van der Waals surface area contributed by atoms with Crippen LogP contribution in [0.15, 0.2) is 24.3 Å². The van der Waals surface area contributed by atoms with Gasteiger partial charge in [0.05, 0.1) is 0 Å². The van der Waals surface area contributed by atoms with Gasteiger partial charge in [-0.25, -0.2) is 4.79 Å². The topological polar surface area (TPSA) is 53.2 Å². The minimum atomic E-state index is -0.132. The van der Waals surface area contributed by atoms with Crippen LogP contribution in [0.1, 0.15) is 46.2 Å². The zero-order valence-corrected chi connectivity index (χ0v) is 13.9. The lowest BCUT2D eigenvalue weighted by molar-refractivity contribution is 0.250. The molecule has 4 heteroatoms. The summed E-state index contributed by atoms with van der Waals surface area (Å²) in [6, 6.07) is 8.27. The molecule has 0 saturated heterocycles. The third kappa shape index (κ3) is 2.91. The van der Waals surface area contributed by atoms with Crippen molar-refractivity contribution in [1.82, 2.24) is 10.6 Å². The van der Waals surface area contributed by atoms with E-state index in [4.69, 9.17) is 0 Å². The number of carbonyl (C=O) groups excluding carboxylic acids is 1. The molecule has 1 atom stereocenters. The Bertz CT molecular complexity index is 523. The Morgan fingerprint density at radius 2 is 1.81 bits per heavy atom. The van der Waals surface area contributed by atoms with Gasteiger partial charge in [-0.2, -0.15) is 0 Å². The van der Waals surface area contributed by atoms with E-state index in [9.17, 15) is 4.79 Å². The summed E-state index contributed by atoms with van der Waals surface area (Å²) in [5.41, 5.74) is 2.27. The van der Waals surface area contributed by atoms with Crippen molar-refractivity contribution in [2.45, 2.75) is 46.7 Å². The molecule has 0 spiro atoms. The van der Waals surface area contributed by atoms with E-state index in [0.717, 1.165) is 11.3 Å². The zero-order chi connectivity index (χ0) is 15.8. The molecule has 1 aliphatic carbocycles. The molecule has 1 aromatic carbocycles. The molecule has 4 nitrogen and oxygen atoms in total. The monoisotopic (exact) mass is 289 g/mol. The Morgan fingerprint density at radius 1 is 1.19 bits per heavy atom. The summed E-state index contributed by atoms with van der Waals surface area (Å²) in [4.78, 5) is 12.2. The Kier molecular flexibility index (Phi) is 4.02. The molecule has 21 heavy (non-hydrogen) atoms. The maximum atomic E-state index is 12.2. The van der Waals surface area contributed by atoms with Crippen LogP contribution in [0.3, 0.4) is 0 Å². The summed E-state index contributed by atoms with van der Waals surface area (Å²) in [5.74, 6) is 0. The van der Waals surface area contributed by atoms with Gasteiger partial charge < -0.3 is 16.0 Å². The van der Waals surface area contributed by atoms with E-state index in [1.807, 2.05) is 25.2 Å². The maximum absolute atomic E-state index is 12.2. The second-order valence-electron chi connectivity index (χ2n) is 7.11. The van der Waals surface area contributed by atoms with Gasteiger partial charge in [-0.1, -0.05) is 39.8 Å². The highest BCUT2D eigenvalue weighted by Gasteiger charge is 2.65. The number of nitrogens with one attached hydrogen (secondary N) is 3. The van der Waals surface area contributed by atoms with Gasteiger partial charge in [-0.05, 0) is 42.5 Å². The first kappa shape index (κ1) is 15.8. The van der Waals surface area contributed by atoms with Crippen molar-refractivity contribution >= 4 is 11.7 Å². The summed E-state index contributed by atoms with van der Waals surface area (Å²) in [6.45, 7) is 10.8. The van der Waals surface area contributed by atoms with E-state index in [0.29, 0.717) is 0 Å². The maximum Gasteiger partial charge on any atom is 0.319 e. The van der Waals surface area contributed by atoms with Crippen LogP contribution in [0.5, 0.6) is 0 Å². The number of hydrogen-bond donors (Lipinski definition) is 3.